The largest absolute Gasteiger partial charge is 0.462 e. The third-order valence-electron chi connectivity index (χ3n) is 2.95. The van der Waals surface area contributed by atoms with Crippen molar-refractivity contribution in [1.29, 1.82) is 5.26 Å². The normalized spacial score (nSPS) is 10.6. The van der Waals surface area contributed by atoms with Crippen LogP contribution in [0, 0.1) is 11.3 Å². The summed E-state index contributed by atoms with van der Waals surface area (Å²) in [5.41, 5.74) is 0.668. The molecule has 0 fully saturated rings. The number of esters is 1. The summed E-state index contributed by atoms with van der Waals surface area (Å²) in [5, 5.41) is 9.00. The monoisotopic (exact) mass is 330 g/mol. The molecule has 0 aliphatic carbocycles. The molecule has 2 aromatic rings. The Hall–Kier alpha value is -2.85. The zero-order valence-electron chi connectivity index (χ0n) is 12.3. The minimum atomic E-state index is -3.89. The molecule has 0 amide bonds. The Morgan fingerprint density at radius 1 is 1.17 bits per heavy atom. The Morgan fingerprint density at radius 3 is 2.43 bits per heavy atom. The van der Waals surface area contributed by atoms with Crippen molar-refractivity contribution < 1.29 is 17.9 Å². The molecule has 118 valence electrons. The average molecular weight is 330 g/mol. The van der Waals surface area contributed by atoms with Gasteiger partial charge >= 0.3 is 5.97 Å². The number of sulfonamides is 1. The number of nitriles is 1. The zero-order chi connectivity index (χ0) is 16.9. The van der Waals surface area contributed by atoms with Gasteiger partial charge in [-0.3, -0.25) is 4.72 Å². The summed E-state index contributed by atoms with van der Waals surface area (Å²) < 4.78 is 31.9. The minimum absolute atomic E-state index is 0.0585. The first kappa shape index (κ1) is 16.5. The minimum Gasteiger partial charge on any atom is -0.462 e. The molecule has 0 unspecified atom stereocenters. The topological polar surface area (TPSA) is 96.3 Å². The van der Waals surface area contributed by atoms with Gasteiger partial charge < -0.3 is 4.74 Å². The van der Waals surface area contributed by atoms with Crippen LogP contribution in [0.2, 0.25) is 0 Å². The summed E-state index contributed by atoms with van der Waals surface area (Å²) in [5.74, 6) is -0.475. The lowest BCUT2D eigenvalue weighted by Gasteiger charge is -2.09. The first-order valence-corrected chi connectivity index (χ1v) is 8.25. The molecule has 0 aliphatic rings. The van der Waals surface area contributed by atoms with E-state index in [9.17, 15) is 13.2 Å². The predicted octanol–water partition coefficient (Wildman–Crippen LogP) is 2.54. The number of carbonyl (C=O) groups is 1. The average Bonchev–Trinajstić information content (AvgIpc) is 2.55. The maximum Gasteiger partial charge on any atom is 0.338 e. The molecule has 0 saturated heterocycles. The molecule has 0 saturated carbocycles. The molecule has 0 heterocycles. The summed E-state index contributed by atoms with van der Waals surface area (Å²) in [7, 11) is -3.89. The number of hydrogen-bond donors (Lipinski definition) is 1. The van der Waals surface area contributed by atoms with Crippen molar-refractivity contribution >= 4 is 21.7 Å². The third-order valence-corrected chi connectivity index (χ3v) is 4.38. The van der Waals surface area contributed by atoms with Crippen molar-refractivity contribution in [2.75, 3.05) is 11.3 Å². The Kier molecular flexibility index (Phi) is 4.98. The summed E-state index contributed by atoms with van der Waals surface area (Å²) in [6.07, 6.45) is 0. The highest BCUT2D eigenvalue weighted by Gasteiger charge is 2.18. The molecule has 23 heavy (non-hydrogen) atoms. The van der Waals surface area contributed by atoms with Crippen LogP contribution in [0.15, 0.2) is 53.4 Å². The molecule has 0 radical (unpaired) electrons. The Morgan fingerprint density at radius 2 is 1.83 bits per heavy atom. The van der Waals surface area contributed by atoms with E-state index in [1.807, 2.05) is 6.07 Å². The lowest BCUT2D eigenvalue weighted by Crippen LogP contribution is -2.14. The fourth-order valence-electron chi connectivity index (χ4n) is 1.89. The summed E-state index contributed by atoms with van der Waals surface area (Å²) >= 11 is 0. The number of carbonyl (C=O) groups excluding carboxylic acids is 1. The van der Waals surface area contributed by atoms with E-state index in [-0.39, 0.29) is 22.8 Å². The molecule has 0 bridgehead atoms. The molecule has 0 aliphatic heterocycles. The van der Waals surface area contributed by atoms with Gasteiger partial charge in [0.2, 0.25) is 0 Å². The second-order valence-corrected chi connectivity index (χ2v) is 6.16. The number of nitrogens with one attached hydrogen (secondary N) is 1. The van der Waals surface area contributed by atoms with Gasteiger partial charge in [-0.15, -0.1) is 0 Å². The van der Waals surface area contributed by atoms with Gasteiger partial charge in [-0.25, -0.2) is 13.2 Å². The lowest BCUT2D eigenvalue weighted by molar-refractivity contribution is 0.0526. The van der Waals surface area contributed by atoms with E-state index in [1.54, 1.807) is 19.1 Å². The van der Waals surface area contributed by atoms with Gasteiger partial charge in [-0.2, -0.15) is 5.26 Å². The van der Waals surface area contributed by atoms with E-state index in [0.29, 0.717) is 5.56 Å². The maximum absolute atomic E-state index is 12.3. The van der Waals surface area contributed by atoms with E-state index in [1.165, 1.54) is 36.4 Å². The van der Waals surface area contributed by atoms with Crippen LogP contribution in [-0.2, 0) is 14.8 Å². The molecule has 2 aromatic carbocycles. The summed E-state index contributed by atoms with van der Waals surface area (Å²) in [4.78, 5) is 11.4. The van der Waals surface area contributed by atoms with Crippen molar-refractivity contribution in [3.05, 3.63) is 59.7 Å². The molecule has 6 nitrogen and oxygen atoms in total. The SMILES string of the molecule is CCOC(=O)c1ccc(NS(=O)(=O)c2ccccc2C#N)cc1. The van der Waals surface area contributed by atoms with E-state index < -0.39 is 16.0 Å². The van der Waals surface area contributed by atoms with Crippen LogP contribution >= 0.6 is 0 Å². The van der Waals surface area contributed by atoms with Crippen LogP contribution in [-0.4, -0.2) is 21.0 Å². The number of anilines is 1. The molecular formula is C16H14N2O4S. The van der Waals surface area contributed by atoms with Gasteiger partial charge in [-0.05, 0) is 43.3 Å². The van der Waals surface area contributed by atoms with Crippen LogP contribution in [0.1, 0.15) is 22.8 Å². The van der Waals surface area contributed by atoms with Crippen molar-refractivity contribution in [2.24, 2.45) is 0 Å². The van der Waals surface area contributed by atoms with Crippen molar-refractivity contribution in [3.63, 3.8) is 0 Å². The standard InChI is InChI=1S/C16H14N2O4S/c1-2-22-16(19)12-7-9-14(10-8-12)18-23(20,21)15-6-4-3-5-13(15)11-17/h3-10,18H,2H2,1H3. The Labute approximate surface area is 134 Å². The molecule has 7 heteroatoms. The molecule has 0 aromatic heterocycles. The molecule has 2 rings (SSSR count). The van der Waals surface area contributed by atoms with E-state index in [4.69, 9.17) is 10.00 Å². The molecular weight excluding hydrogens is 316 g/mol. The van der Waals surface area contributed by atoms with Gasteiger partial charge in [0.05, 0.1) is 17.7 Å². The van der Waals surface area contributed by atoms with Gasteiger partial charge in [0.25, 0.3) is 10.0 Å². The van der Waals surface area contributed by atoms with Crippen molar-refractivity contribution in [2.45, 2.75) is 11.8 Å². The molecule has 0 atom stereocenters. The Bertz CT molecular complexity index is 852. The molecule has 1 N–H and O–H groups in total. The Balaban J connectivity index is 2.25. The lowest BCUT2D eigenvalue weighted by atomic mass is 10.2. The second-order valence-electron chi connectivity index (χ2n) is 4.51. The fourth-order valence-corrected chi connectivity index (χ4v) is 3.11. The van der Waals surface area contributed by atoms with Gasteiger partial charge in [-0.1, -0.05) is 12.1 Å². The number of nitrogens with zero attached hydrogens (tertiary/aromatic N) is 1. The third kappa shape index (κ3) is 3.87. The highest BCUT2D eigenvalue weighted by Crippen LogP contribution is 2.19. The second kappa shape index (κ2) is 6.94. The summed E-state index contributed by atoms with van der Waals surface area (Å²) in [6.45, 7) is 1.96. The van der Waals surface area contributed by atoms with Gasteiger partial charge in [0.1, 0.15) is 11.0 Å². The first-order chi connectivity index (χ1) is 11.0. The van der Waals surface area contributed by atoms with Gasteiger partial charge in [0.15, 0.2) is 0 Å². The predicted molar refractivity (Wildman–Crippen MR) is 84.4 cm³/mol. The van der Waals surface area contributed by atoms with Crippen molar-refractivity contribution in [3.8, 4) is 6.07 Å². The number of benzene rings is 2. The number of ether oxygens (including phenoxy) is 1. The van der Waals surface area contributed by atoms with Crippen LogP contribution in [0.25, 0.3) is 0 Å². The highest BCUT2D eigenvalue weighted by atomic mass is 32.2. The molecule has 0 spiro atoms. The van der Waals surface area contributed by atoms with E-state index in [0.717, 1.165) is 0 Å². The quantitative estimate of drug-likeness (QED) is 0.850. The van der Waals surface area contributed by atoms with Crippen LogP contribution < -0.4 is 4.72 Å². The van der Waals surface area contributed by atoms with Crippen LogP contribution in [0.4, 0.5) is 5.69 Å². The number of rotatable bonds is 5. The van der Waals surface area contributed by atoms with E-state index >= 15 is 0 Å². The first-order valence-electron chi connectivity index (χ1n) is 6.77. The number of hydrogen-bond acceptors (Lipinski definition) is 5. The zero-order valence-corrected chi connectivity index (χ0v) is 13.1. The highest BCUT2D eigenvalue weighted by molar-refractivity contribution is 7.92. The van der Waals surface area contributed by atoms with Crippen LogP contribution in [0.3, 0.4) is 0 Å². The van der Waals surface area contributed by atoms with Crippen LogP contribution in [0.5, 0.6) is 0 Å². The van der Waals surface area contributed by atoms with E-state index in [2.05, 4.69) is 4.72 Å². The maximum atomic E-state index is 12.3. The van der Waals surface area contributed by atoms with Crippen molar-refractivity contribution in [1.82, 2.24) is 0 Å². The summed E-state index contributed by atoms with van der Waals surface area (Å²) in [6, 6.07) is 13.6. The fraction of sp³-hybridized carbons (Fsp3) is 0.125. The van der Waals surface area contributed by atoms with Gasteiger partial charge in [0, 0.05) is 5.69 Å². The smallest absolute Gasteiger partial charge is 0.338 e.